The third-order valence-corrected chi connectivity index (χ3v) is 4.58. The van der Waals surface area contributed by atoms with Gasteiger partial charge in [0.15, 0.2) is 0 Å². The Balaban J connectivity index is 2.25. The lowest BCUT2D eigenvalue weighted by Gasteiger charge is -2.26. The van der Waals surface area contributed by atoms with Crippen LogP contribution in [0, 0.1) is 5.92 Å². The van der Waals surface area contributed by atoms with Gasteiger partial charge < -0.3 is 5.73 Å². The average Bonchev–Trinajstić information content (AvgIpc) is 2.57. The summed E-state index contributed by atoms with van der Waals surface area (Å²) in [6.45, 7) is 4.48. The Morgan fingerprint density at radius 1 is 1.40 bits per heavy atom. The highest BCUT2D eigenvalue weighted by Gasteiger charge is 2.26. The Hall–Kier alpha value is -0.340. The fraction of sp³-hybridized carbons (Fsp3) is 0.692. The Morgan fingerprint density at radius 2 is 2.20 bits per heavy atom. The van der Waals surface area contributed by atoms with Crippen LogP contribution in [-0.4, -0.2) is 6.04 Å². The van der Waals surface area contributed by atoms with Crippen LogP contribution >= 0.6 is 11.3 Å². The van der Waals surface area contributed by atoms with E-state index in [0.29, 0.717) is 17.9 Å². The van der Waals surface area contributed by atoms with Gasteiger partial charge in [0.2, 0.25) is 0 Å². The number of rotatable bonds is 2. The van der Waals surface area contributed by atoms with Crippen LogP contribution in [0.3, 0.4) is 0 Å². The zero-order chi connectivity index (χ0) is 10.8. The van der Waals surface area contributed by atoms with Crippen molar-refractivity contribution in [2.45, 2.75) is 51.5 Å². The van der Waals surface area contributed by atoms with Gasteiger partial charge in [-0.25, -0.2) is 0 Å². The minimum Gasteiger partial charge on any atom is -0.327 e. The monoisotopic (exact) mass is 223 g/mol. The summed E-state index contributed by atoms with van der Waals surface area (Å²) < 4.78 is 0. The van der Waals surface area contributed by atoms with Gasteiger partial charge in [-0.05, 0) is 42.2 Å². The topological polar surface area (TPSA) is 26.0 Å². The number of hydrogen-bond donors (Lipinski definition) is 1. The van der Waals surface area contributed by atoms with E-state index in [2.05, 4.69) is 25.3 Å². The molecule has 2 N–H and O–H groups in total. The molecular formula is C13H21NS. The number of hydrogen-bond acceptors (Lipinski definition) is 2. The van der Waals surface area contributed by atoms with Gasteiger partial charge in [-0.2, -0.15) is 0 Å². The molecule has 15 heavy (non-hydrogen) atoms. The third kappa shape index (κ3) is 2.26. The van der Waals surface area contributed by atoms with Crippen LogP contribution in [0.15, 0.2) is 11.4 Å². The lowest BCUT2D eigenvalue weighted by atomic mass is 9.84. The van der Waals surface area contributed by atoms with Crippen molar-refractivity contribution in [3.63, 3.8) is 0 Å². The zero-order valence-corrected chi connectivity index (χ0v) is 10.5. The van der Waals surface area contributed by atoms with Crippen molar-refractivity contribution in [1.29, 1.82) is 0 Å². The molecular weight excluding hydrogens is 202 g/mol. The lowest BCUT2D eigenvalue weighted by Crippen LogP contribution is -2.33. The molecule has 1 aromatic rings. The molecule has 0 saturated heterocycles. The largest absolute Gasteiger partial charge is 0.327 e. The molecule has 2 rings (SSSR count). The molecule has 0 amide bonds. The van der Waals surface area contributed by atoms with E-state index >= 15 is 0 Å². The molecule has 1 aliphatic rings. The molecule has 0 bridgehead atoms. The molecule has 84 valence electrons. The normalized spacial score (nSPS) is 23.6. The van der Waals surface area contributed by atoms with Crippen LogP contribution in [-0.2, 0) is 6.42 Å². The van der Waals surface area contributed by atoms with Gasteiger partial charge in [-0.3, -0.25) is 0 Å². The van der Waals surface area contributed by atoms with Crippen LogP contribution in [0.1, 0.15) is 49.5 Å². The van der Waals surface area contributed by atoms with E-state index in [1.54, 1.807) is 10.4 Å². The minimum absolute atomic E-state index is 0.330. The number of aryl methyl sites for hydroxylation is 1. The van der Waals surface area contributed by atoms with Crippen molar-refractivity contribution < 1.29 is 0 Å². The Labute approximate surface area is 96.7 Å². The summed E-state index contributed by atoms with van der Waals surface area (Å²) in [5, 5.41) is 2.23. The van der Waals surface area contributed by atoms with E-state index in [-0.39, 0.29) is 0 Å². The summed E-state index contributed by atoms with van der Waals surface area (Å²) in [4.78, 5) is 1.59. The van der Waals surface area contributed by atoms with Gasteiger partial charge >= 0.3 is 0 Å². The smallest absolute Gasteiger partial charge is 0.0131 e. The molecule has 2 atom stereocenters. The summed E-state index contributed by atoms with van der Waals surface area (Å²) in [5.74, 6) is 1.19. The highest BCUT2D eigenvalue weighted by atomic mass is 32.1. The molecule has 1 aliphatic carbocycles. The van der Waals surface area contributed by atoms with Crippen molar-refractivity contribution in [2.75, 3.05) is 0 Å². The highest BCUT2D eigenvalue weighted by Crippen LogP contribution is 2.36. The molecule has 2 heteroatoms. The molecule has 0 aliphatic heterocycles. The summed E-state index contributed by atoms with van der Waals surface area (Å²) in [7, 11) is 0. The summed E-state index contributed by atoms with van der Waals surface area (Å²) >= 11 is 1.92. The van der Waals surface area contributed by atoms with E-state index < -0.39 is 0 Å². The maximum atomic E-state index is 6.34. The predicted molar refractivity (Wildman–Crippen MR) is 67.4 cm³/mol. The molecule has 0 spiro atoms. The second kappa shape index (κ2) is 4.67. The van der Waals surface area contributed by atoms with E-state index in [1.807, 2.05) is 11.3 Å². The van der Waals surface area contributed by atoms with Gasteiger partial charge in [0.05, 0.1) is 0 Å². The van der Waals surface area contributed by atoms with Gasteiger partial charge in [0, 0.05) is 16.8 Å². The van der Waals surface area contributed by atoms with Gasteiger partial charge in [0.1, 0.15) is 0 Å². The fourth-order valence-electron chi connectivity index (χ4n) is 2.55. The van der Waals surface area contributed by atoms with Crippen LogP contribution in [0.5, 0.6) is 0 Å². The summed E-state index contributed by atoms with van der Waals surface area (Å²) in [6, 6.07) is 2.63. The standard InChI is InChI=1S/C13H21NS/c1-9(2)13(14)11-5-3-4-6-12-10(11)7-8-15-12/h7-9,11,13H,3-6,14H2,1-2H3/t11-,13+/m1/s1. The Bertz CT molecular complexity index is 316. The Kier molecular flexibility index (Phi) is 3.47. The van der Waals surface area contributed by atoms with Gasteiger partial charge in [-0.15, -0.1) is 11.3 Å². The van der Waals surface area contributed by atoms with Crippen molar-refractivity contribution in [3.8, 4) is 0 Å². The fourth-order valence-corrected chi connectivity index (χ4v) is 3.55. The molecule has 0 aromatic carbocycles. The van der Waals surface area contributed by atoms with Crippen molar-refractivity contribution in [2.24, 2.45) is 11.7 Å². The molecule has 1 heterocycles. The van der Waals surface area contributed by atoms with Crippen LogP contribution in [0.2, 0.25) is 0 Å². The molecule has 0 unspecified atom stereocenters. The second-order valence-corrected chi connectivity index (χ2v) is 5.97. The average molecular weight is 223 g/mol. The number of thiophene rings is 1. The van der Waals surface area contributed by atoms with Crippen LogP contribution < -0.4 is 5.73 Å². The number of fused-ring (bicyclic) bond motifs is 1. The van der Waals surface area contributed by atoms with Crippen molar-refractivity contribution >= 4 is 11.3 Å². The van der Waals surface area contributed by atoms with Gasteiger partial charge in [0.25, 0.3) is 0 Å². The first kappa shape index (κ1) is 11.2. The summed E-state index contributed by atoms with van der Waals surface area (Å²) in [5.41, 5.74) is 7.89. The first-order valence-electron chi connectivity index (χ1n) is 6.02. The van der Waals surface area contributed by atoms with E-state index in [9.17, 15) is 0 Å². The highest BCUT2D eigenvalue weighted by molar-refractivity contribution is 7.10. The maximum absolute atomic E-state index is 6.34. The quantitative estimate of drug-likeness (QED) is 0.762. The molecule has 0 fully saturated rings. The van der Waals surface area contributed by atoms with E-state index in [0.717, 1.165) is 0 Å². The molecule has 0 saturated carbocycles. The zero-order valence-electron chi connectivity index (χ0n) is 9.70. The molecule has 1 nitrogen and oxygen atoms in total. The van der Waals surface area contributed by atoms with E-state index in [4.69, 9.17) is 5.73 Å². The van der Waals surface area contributed by atoms with Gasteiger partial charge in [-0.1, -0.05) is 20.3 Å². The third-order valence-electron chi connectivity index (χ3n) is 3.58. The first-order chi connectivity index (χ1) is 7.20. The minimum atomic E-state index is 0.330. The SMILES string of the molecule is CC(C)[C@H](N)[C@@H]1CCCCc2sccc21. The van der Waals surface area contributed by atoms with Crippen molar-refractivity contribution in [3.05, 3.63) is 21.9 Å². The Morgan fingerprint density at radius 3 is 2.93 bits per heavy atom. The second-order valence-electron chi connectivity index (χ2n) is 4.97. The van der Waals surface area contributed by atoms with Crippen LogP contribution in [0.25, 0.3) is 0 Å². The summed E-state index contributed by atoms with van der Waals surface area (Å²) in [6.07, 6.45) is 5.23. The predicted octanol–water partition coefficient (Wildman–Crippen LogP) is 3.54. The number of nitrogens with two attached hydrogens (primary N) is 1. The lowest BCUT2D eigenvalue weighted by molar-refractivity contribution is 0.396. The van der Waals surface area contributed by atoms with Crippen LogP contribution in [0.4, 0.5) is 0 Å². The molecule has 1 aromatic heterocycles. The maximum Gasteiger partial charge on any atom is 0.0131 e. The first-order valence-corrected chi connectivity index (χ1v) is 6.90. The van der Waals surface area contributed by atoms with E-state index in [1.165, 1.54) is 25.7 Å². The molecule has 0 radical (unpaired) electrons. The van der Waals surface area contributed by atoms with Crippen molar-refractivity contribution in [1.82, 2.24) is 0 Å².